The van der Waals surface area contributed by atoms with Gasteiger partial charge in [-0.3, -0.25) is 4.99 Å². The second kappa shape index (κ2) is 6.37. The van der Waals surface area contributed by atoms with E-state index >= 15 is 0 Å². The van der Waals surface area contributed by atoms with Crippen molar-refractivity contribution in [2.45, 2.75) is 65.0 Å². The lowest BCUT2D eigenvalue weighted by atomic mass is 9.96. The summed E-state index contributed by atoms with van der Waals surface area (Å²) in [6.45, 7) is 6.20. The smallest absolute Gasteiger partial charge is 0.189 e. The zero-order chi connectivity index (χ0) is 13.8. The fraction of sp³-hybridized carbons (Fsp3) is 0.714. The summed E-state index contributed by atoms with van der Waals surface area (Å²) >= 11 is 1.73. The normalized spacial score (nSPS) is 19.4. The van der Waals surface area contributed by atoms with Crippen LogP contribution in [0.15, 0.2) is 4.99 Å². The summed E-state index contributed by atoms with van der Waals surface area (Å²) in [5.41, 5.74) is 7.11. The second-order valence-electron chi connectivity index (χ2n) is 5.35. The van der Waals surface area contributed by atoms with Crippen LogP contribution in [-0.2, 0) is 0 Å². The van der Waals surface area contributed by atoms with Crippen LogP contribution in [0.25, 0.3) is 0 Å². The molecule has 0 amide bonds. The molecule has 1 fully saturated rings. The summed E-state index contributed by atoms with van der Waals surface area (Å²) in [5, 5.41) is 4.40. The van der Waals surface area contributed by atoms with E-state index in [4.69, 9.17) is 5.73 Å². The third kappa shape index (κ3) is 3.93. The van der Waals surface area contributed by atoms with Crippen molar-refractivity contribution in [1.29, 1.82) is 0 Å². The molecule has 0 aromatic carbocycles. The van der Waals surface area contributed by atoms with Gasteiger partial charge < -0.3 is 11.1 Å². The molecule has 1 aliphatic rings. The van der Waals surface area contributed by atoms with Crippen LogP contribution in [0.3, 0.4) is 0 Å². The summed E-state index contributed by atoms with van der Waals surface area (Å²) in [6, 6.07) is 0.594. The van der Waals surface area contributed by atoms with Crippen molar-refractivity contribution < 1.29 is 0 Å². The molecule has 1 aromatic heterocycles. The number of nitrogens with zero attached hydrogens (tertiary/aromatic N) is 2. The molecule has 19 heavy (non-hydrogen) atoms. The first kappa shape index (κ1) is 14.3. The van der Waals surface area contributed by atoms with Crippen LogP contribution in [-0.4, -0.2) is 17.0 Å². The number of aryl methyl sites for hydroxylation is 2. The molecule has 0 radical (unpaired) electrons. The van der Waals surface area contributed by atoms with E-state index < -0.39 is 0 Å². The van der Waals surface area contributed by atoms with Gasteiger partial charge in [0, 0.05) is 4.88 Å². The van der Waals surface area contributed by atoms with Gasteiger partial charge in [-0.15, -0.1) is 11.3 Å². The Kier molecular flexibility index (Phi) is 4.80. The molecule has 1 atom stereocenters. The molecular weight excluding hydrogens is 256 g/mol. The van der Waals surface area contributed by atoms with Gasteiger partial charge in [0.05, 0.1) is 22.8 Å². The van der Waals surface area contributed by atoms with Gasteiger partial charge in [-0.05, 0) is 33.6 Å². The quantitative estimate of drug-likeness (QED) is 0.660. The van der Waals surface area contributed by atoms with E-state index in [1.807, 2.05) is 13.8 Å². The Morgan fingerprint density at radius 2 is 2.05 bits per heavy atom. The number of aliphatic imine (C=N–C) groups is 1. The fourth-order valence-electron chi connectivity index (χ4n) is 2.68. The Labute approximate surface area is 119 Å². The minimum absolute atomic E-state index is 0.179. The summed E-state index contributed by atoms with van der Waals surface area (Å²) in [4.78, 5) is 10.3. The molecule has 0 aliphatic heterocycles. The molecule has 2 rings (SSSR count). The van der Waals surface area contributed by atoms with Gasteiger partial charge in [0.2, 0.25) is 0 Å². The highest BCUT2D eigenvalue weighted by Crippen LogP contribution is 2.24. The van der Waals surface area contributed by atoms with E-state index in [0.29, 0.717) is 12.0 Å². The van der Waals surface area contributed by atoms with E-state index in [1.54, 1.807) is 11.3 Å². The lowest BCUT2D eigenvalue weighted by Crippen LogP contribution is -2.35. The number of guanidine groups is 1. The molecule has 4 nitrogen and oxygen atoms in total. The maximum Gasteiger partial charge on any atom is 0.189 e. The molecule has 0 bridgehead atoms. The minimum Gasteiger partial charge on any atom is -0.370 e. The molecule has 1 heterocycles. The highest BCUT2D eigenvalue weighted by Gasteiger charge is 2.15. The summed E-state index contributed by atoms with van der Waals surface area (Å²) in [5.74, 6) is 0.574. The predicted octanol–water partition coefficient (Wildman–Crippen LogP) is 3.06. The van der Waals surface area contributed by atoms with Gasteiger partial charge in [-0.25, -0.2) is 4.98 Å². The standard InChI is InChI=1S/C14H24N4S/c1-9-13(19-11(3)16-9)10(2)17-14(15)18-12-7-5-4-6-8-12/h10,12H,4-8H2,1-3H3,(H3,15,17,18). The fourth-order valence-corrected chi connectivity index (χ4v) is 3.61. The SMILES string of the molecule is Cc1nc(C)c(C(C)NC(N)=NC2CCCCC2)s1. The highest BCUT2D eigenvalue weighted by molar-refractivity contribution is 7.11. The lowest BCUT2D eigenvalue weighted by molar-refractivity contribution is 0.441. The zero-order valence-corrected chi connectivity index (χ0v) is 12.9. The average molecular weight is 280 g/mol. The number of rotatable bonds is 3. The maximum atomic E-state index is 6.02. The Bertz CT molecular complexity index is 446. The third-order valence-corrected chi connectivity index (χ3v) is 4.85. The molecule has 0 spiro atoms. The summed E-state index contributed by atoms with van der Waals surface area (Å²) in [7, 11) is 0. The van der Waals surface area contributed by atoms with E-state index in [-0.39, 0.29) is 6.04 Å². The first-order valence-corrected chi connectivity index (χ1v) is 7.91. The molecule has 1 aliphatic carbocycles. The minimum atomic E-state index is 0.179. The molecule has 5 heteroatoms. The van der Waals surface area contributed by atoms with E-state index in [0.717, 1.165) is 10.7 Å². The van der Waals surface area contributed by atoms with Crippen LogP contribution in [0.4, 0.5) is 0 Å². The van der Waals surface area contributed by atoms with Gasteiger partial charge in [0.1, 0.15) is 0 Å². The van der Waals surface area contributed by atoms with Gasteiger partial charge in [-0.2, -0.15) is 0 Å². The Balaban J connectivity index is 1.95. The van der Waals surface area contributed by atoms with Crippen molar-refractivity contribution >= 4 is 17.3 Å². The summed E-state index contributed by atoms with van der Waals surface area (Å²) < 4.78 is 0. The van der Waals surface area contributed by atoms with Crippen LogP contribution in [0.5, 0.6) is 0 Å². The van der Waals surface area contributed by atoms with Crippen LogP contribution in [0, 0.1) is 13.8 Å². The van der Waals surface area contributed by atoms with E-state index in [2.05, 4.69) is 22.2 Å². The first-order valence-electron chi connectivity index (χ1n) is 7.10. The van der Waals surface area contributed by atoms with Crippen molar-refractivity contribution in [1.82, 2.24) is 10.3 Å². The molecule has 1 aromatic rings. The van der Waals surface area contributed by atoms with Gasteiger partial charge >= 0.3 is 0 Å². The van der Waals surface area contributed by atoms with Crippen molar-refractivity contribution in [2.24, 2.45) is 10.7 Å². The average Bonchev–Trinajstić information content (AvgIpc) is 2.69. The summed E-state index contributed by atoms with van der Waals surface area (Å²) in [6.07, 6.45) is 6.26. The number of hydrogen-bond donors (Lipinski definition) is 2. The predicted molar refractivity (Wildman–Crippen MR) is 81.6 cm³/mol. The topological polar surface area (TPSA) is 63.3 Å². The second-order valence-corrected chi connectivity index (χ2v) is 6.59. The zero-order valence-electron chi connectivity index (χ0n) is 12.1. The monoisotopic (exact) mass is 280 g/mol. The largest absolute Gasteiger partial charge is 0.370 e. The maximum absolute atomic E-state index is 6.02. The van der Waals surface area contributed by atoms with Crippen LogP contribution < -0.4 is 11.1 Å². The Hall–Kier alpha value is -1.10. The molecule has 1 unspecified atom stereocenters. The third-order valence-electron chi connectivity index (χ3n) is 3.59. The van der Waals surface area contributed by atoms with E-state index in [9.17, 15) is 0 Å². The number of nitrogens with two attached hydrogens (primary N) is 1. The molecular formula is C14H24N4S. The number of aromatic nitrogens is 1. The van der Waals surface area contributed by atoms with Crippen molar-refractivity contribution in [3.05, 3.63) is 15.6 Å². The first-order chi connectivity index (χ1) is 9.06. The molecule has 0 saturated heterocycles. The van der Waals surface area contributed by atoms with E-state index in [1.165, 1.54) is 37.0 Å². The number of thiazole rings is 1. The van der Waals surface area contributed by atoms with Gasteiger partial charge in [0.25, 0.3) is 0 Å². The van der Waals surface area contributed by atoms with Crippen LogP contribution in [0.1, 0.15) is 60.6 Å². The van der Waals surface area contributed by atoms with Crippen molar-refractivity contribution in [3.8, 4) is 0 Å². The van der Waals surface area contributed by atoms with Crippen LogP contribution in [0.2, 0.25) is 0 Å². The van der Waals surface area contributed by atoms with Gasteiger partial charge in [-0.1, -0.05) is 19.3 Å². The lowest BCUT2D eigenvalue weighted by Gasteiger charge is -2.20. The van der Waals surface area contributed by atoms with Crippen molar-refractivity contribution in [3.63, 3.8) is 0 Å². The van der Waals surface area contributed by atoms with Crippen LogP contribution >= 0.6 is 11.3 Å². The highest BCUT2D eigenvalue weighted by atomic mass is 32.1. The Morgan fingerprint density at radius 1 is 1.37 bits per heavy atom. The molecule has 3 N–H and O–H groups in total. The molecule has 1 saturated carbocycles. The van der Waals surface area contributed by atoms with Crippen molar-refractivity contribution in [2.75, 3.05) is 0 Å². The number of nitrogens with one attached hydrogen (secondary N) is 1. The Morgan fingerprint density at radius 3 is 2.63 bits per heavy atom. The number of hydrogen-bond acceptors (Lipinski definition) is 3. The van der Waals surface area contributed by atoms with Gasteiger partial charge in [0.15, 0.2) is 5.96 Å². The molecule has 106 valence electrons.